The number of carbonyl (C=O) groups is 1. The molecule has 4 heteroatoms. The van der Waals surface area contributed by atoms with Crippen LogP contribution in [0.5, 0.6) is 5.75 Å². The second-order valence-electron chi connectivity index (χ2n) is 5.93. The van der Waals surface area contributed by atoms with Crippen LogP contribution in [-0.2, 0) is 9.53 Å². The molecule has 0 radical (unpaired) electrons. The van der Waals surface area contributed by atoms with E-state index in [2.05, 4.69) is 12.2 Å². The van der Waals surface area contributed by atoms with E-state index >= 15 is 0 Å². The van der Waals surface area contributed by atoms with Crippen LogP contribution in [0.4, 0.5) is 5.69 Å². The van der Waals surface area contributed by atoms with Gasteiger partial charge in [-0.3, -0.25) is 4.79 Å². The fourth-order valence-corrected chi connectivity index (χ4v) is 2.50. The van der Waals surface area contributed by atoms with E-state index in [1.54, 1.807) is 7.11 Å². The molecule has 0 fully saturated rings. The van der Waals surface area contributed by atoms with Crippen LogP contribution < -0.4 is 10.1 Å². The number of benzene rings is 1. The largest absolute Gasteiger partial charge is 0.493 e. The summed E-state index contributed by atoms with van der Waals surface area (Å²) in [5.74, 6) is 0.792. The minimum Gasteiger partial charge on any atom is -0.493 e. The van der Waals surface area contributed by atoms with Gasteiger partial charge in [-0.2, -0.15) is 0 Å². The van der Waals surface area contributed by atoms with Crippen molar-refractivity contribution in [3.63, 3.8) is 0 Å². The Balaban J connectivity index is 2.92. The highest BCUT2D eigenvalue weighted by molar-refractivity contribution is 5.97. The third-order valence-corrected chi connectivity index (χ3v) is 3.83. The molecule has 124 valence electrons. The summed E-state index contributed by atoms with van der Waals surface area (Å²) < 4.78 is 11.2. The number of rotatable bonds is 8. The Morgan fingerprint density at radius 1 is 1.18 bits per heavy atom. The van der Waals surface area contributed by atoms with E-state index in [0.29, 0.717) is 13.0 Å². The number of ether oxygens (including phenoxy) is 2. The van der Waals surface area contributed by atoms with Gasteiger partial charge in [0.05, 0.1) is 6.61 Å². The minimum atomic E-state index is -0.798. The summed E-state index contributed by atoms with van der Waals surface area (Å²) in [6.07, 6.45) is 2.55. The molecular formula is C18H29NO3. The molecule has 1 aromatic rings. The third-order valence-electron chi connectivity index (χ3n) is 3.83. The van der Waals surface area contributed by atoms with Crippen molar-refractivity contribution >= 4 is 11.6 Å². The fraction of sp³-hybridized carbons (Fsp3) is 0.611. The maximum Gasteiger partial charge on any atom is 0.256 e. The fourth-order valence-electron chi connectivity index (χ4n) is 2.50. The van der Waals surface area contributed by atoms with E-state index in [0.717, 1.165) is 35.4 Å². The van der Waals surface area contributed by atoms with Gasteiger partial charge in [-0.1, -0.05) is 20.3 Å². The smallest absolute Gasteiger partial charge is 0.256 e. The molecule has 0 saturated heterocycles. The summed E-state index contributed by atoms with van der Waals surface area (Å²) in [4.78, 5) is 12.5. The normalized spacial score (nSPS) is 13.5. The zero-order valence-corrected chi connectivity index (χ0v) is 14.7. The van der Waals surface area contributed by atoms with Crippen molar-refractivity contribution in [1.29, 1.82) is 0 Å². The molecule has 1 atom stereocenters. The van der Waals surface area contributed by atoms with E-state index in [9.17, 15) is 4.79 Å². The average molecular weight is 307 g/mol. The Kier molecular flexibility index (Phi) is 6.88. The van der Waals surface area contributed by atoms with Crippen molar-refractivity contribution in [1.82, 2.24) is 0 Å². The Hall–Kier alpha value is -1.55. The third kappa shape index (κ3) is 4.47. The molecule has 0 aliphatic heterocycles. The predicted molar refractivity (Wildman–Crippen MR) is 90.7 cm³/mol. The van der Waals surface area contributed by atoms with Crippen molar-refractivity contribution in [3.8, 4) is 5.75 Å². The number of amides is 1. The molecule has 1 aromatic carbocycles. The lowest BCUT2D eigenvalue weighted by Gasteiger charge is -2.26. The molecule has 1 unspecified atom stereocenters. The number of carbonyl (C=O) groups excluding carboxylic acids is 1. The number of anilines is 1. The standard InChI is InChI=1S/C18H29NO3/c1-7-9-18(5,21-6)17(20)19-15-11-13(3)16(14(4)12-15)22-10-8-2/h11-12H,7-10H2,1-6H3,(H,19,20). The van der Waals surface area contributed by atoms with Crippen LogP contribution in [0.2, 0.25) is 0 Å². The Morgan fingerprint density at radius 2 is 1.77 bits per heavy atom. The molecule has 1 amide bonds. The summed E-state index contributed by atoms with van der Waals surface area (Å²) >= 11 is 0. The molecule has 22 heavy (non-hydrogen) atoms. The van der Waals surface area contributed by atoms with Crippen LogP contribution in [0.25, 0.3) is 0 Å². The quantitative estimate of drug-likeness (QED) is 0.781. The van der Waals surface area contributed by atoms with Crippen molar-refractivity contribution in [2.24, 2.45) is 0 Å². The molecule has 0 spiro atoms. The topological polar surface area (TPSA) is 47.6 Å². The molecule has 1 N–H and O–H groups in total. The lowest BCUT2D eigenvalue weighted by Crippen LogP contribution is -2.41. The lowest BCUT2D eigenvalue weighted by molar-refractivity contribution is -0.136. The van der Waals surface area contributed by atoms with Gasteiger partial charge in [-0.25, -0.2) is 0 Å². The van der Waals surface area contributed by atoms with Gasteiger partial charge in [0.1, 0.15) is 11.4 Å². The molecule has 1 rings (SSSR count). The van der Waals surface area contributed by atoms with Crippen LogP contribution in [-0.4, -0.2) is 25.2 Å². The first-order valence-electron chi connectivity index (χ1n) is 7.98. The summed E-state index contributed by atoms with van der Waals surface area (Å²) in [5.41, 5.74) is 2.04. The highest BCUT2D eigenvalue weighted by atomic mass is 16.5. The van der Waals surface area contributed by atoms with E-state index in [1.807, 2.05) is 39.8 Å². The molecule has 0 aromatic heterocycles. The van der Waals surface area contributed by atoms with Gasteiger partial charge in [0.25, 0.3) is 5.91 Å². The number of hydrogen-bond donors (Lipinski definition) is 1. The SMILES string of the molecule is CCCOc1c(C)cc(NC(=O)C(C)(CCC)OC)cc1C. The number of hydrogen-bond acceptors (Lipinski definition) is 3. The summed E-state index contributed by atoms with van der Waals surface area (Å²) in [6.45, 7) is 10.6. The van der Waals surface area contributed by atoms with E-state index in [1.165, 1.54) is 0 Å². The number of nitrogens with one attached hydrogen (secondary N) is 1. The predicted octanol–water partition coefficient (Wildman–Crippen LogP) is 4.24. The molecule has 4 nitrogen and oxygen atoms in total. The van der Waals surface area contributed by atoms with Crippen molar-refractivity contribution < 1.29 is 14.3 Å². The maximum atomic E-state index is 12.5. The molecule has 0 aliphatic rings. The first kappa shape index (κ1) is 18.5. The lowest BCUT2D eigenvalue weighted by atomic mass is 9.99. The minimum absolute atomic E-state index is 0.113. The summed E-state index contributed by atoms with van der Waals surface area (Å²) in [5, 5.41) is 2.96. The van der Waals surface area contributed by atoms with Crippen LogP contribution in [0.1, 0.15) is 51.2 Å². The molecule has 0 aliphatic carbocycles. The summed E-state index contributed by atoms with van der Waals surface area (Å²) in [6, 6.07) is 3.88. The molecule has 0 bridgehead atoms. The Labute approximate surface area is 134 Å². The Morgan fingerprint density at radius 3 is 2.23 bits per heavy atom. The number of methoxy groups -OCH3 is 1. The highest BCUT2D eigenvalue weighted by Crippen LogP contribution is 2.28. The van der Waals surface area contributed by atoms with Gasteiger partial charge in [0.15, 0.2) is 0 Å². The first-order valence-corrected chi connectivity index (χ1v) is 7.98. The van der Waals surface area contributed by atoms with Crippen LogP contribution in [0, 0.1) is 13.8 Å². The van der Waals surface area contributed by atoms with Gasteiger partial charge in [0.2, 0.25) is 0 Å². The van der Waals surface area contributed by atoms with Gasteiger partial charge >= 0.3 is 0 Å². The van der Waals surface area contributed by atoms with Crippen LogP contribution >= 0.6 is 0 Å². The molecule has 0 saturated carbocycles. The average Bonchev–Trinajstić information content (AvgIpc) is 2.46. The second kappa shape index (κ2) is 8.18. The van der Waals surface area contributed by atoms with Crippen LogP contribution in [0.15, 0.2) is 12.1 Å². The second-order valence-corrected chi connectivity index (χ2v) is 5.93. The van der Waals surface area contributed by atoms with Crippen molar-refractivity contribution in [2.45, 2.75) is 59.5 Å². The van der Waals surface area contributed by atoms with Crippen molar-refractivity contribution in [3.05, 3.63) is 23.3 Å². The molecule has 0 heterocycles. The van der Waals surface area contributed by atoms with Gasteiger partial charge in [-0.05, 0) is 56.9 Å². The van der Waals surface area contributed by atoms with Gasteiger partial charge < -0.3 is 14.8 Å². The number of aryl methyl sites for hydroxylation is 2. The van der Waals surface area contributed by atoms with Gasteiger partial charge in [0, 0.05) is 12.8 Å². The zero-order chi connectivity index (χ0) is 16.8. The monoisotopic (exact) mass is 307 g/mol. The van der Waals surface area contributed by atoms with Gasteiger partial charge in [-0.15, -0.1) is 0 Å². The highest BCUT2D eigenvalue weighted by Gasteiger charge is 2.32. The van der Waals surface area contributed by atoms with E-state index in [4.69, 9.17) is 9.47 Å². The van der Waals surface area contributed by atoms with E-state index < -0.39 is 5.60 Å². The zero-order valence-electron chi connectivity index (χ0n) is 14.7. The summed E-state index contributed by atoms with van der Waals surface area (Å²) in [7, 11) is 1.58. The van der Waals surface area contributed by atoms with E-state index in [-0.39, 0.29) is 5.91 Å². The first-order chi connectivity index (χ1) is 10.4. The Bertz CT molecular complexity index is 490. The van der Waals surface area contributed by atoms with Crippen LogP contribution in [0.3, 0.4) is 0 Å². The maximum absolute atomic E-state index is 12.5. The van der Waals surface area contributed by atoms with Crippen molar-refractivity contribution in [2.75, 3.05) is 19.0 Å². The molecular weight excluding hydrogens is 278 g/mol.